The number of amides is 2. The lowest BCUT2D eigenvalue weighted by molar-refractivity contribution is -0.124. The molecule has 3 aromatic rings. The standard InChI is InChI=1S/C27H27FN4O2/c28-20-7-9-21(10-8-20)29-26(34)27(12-2-13-27)19-6-11-24-18(15-19)3-1-14-32(24)25(33)23-16-22(30-31-23)17-4-5-17/h6-11,15-17H,1-5,12-14H2,(H,29,34)(H,30,31). The Labute approximate surface area is 197 Å². The SMILES string of the molecule is O=C(c1cc(C2CC2)n[nH]1)N1CCCc2cc(C3(C(=O)Nc4ccc(F)cc4)CCC3)ccc21. The van der Waals surface area contributed by atoms with Gasteiger partial charge in [0.05, 0.1) is 11.1 Å². The predicted octanol–water partition coefficient (Wildman–Crippen LogP) is 5.08. The Balaban J connectivity index is 1.26. The maximum absolute atomic E-state index is 13.3. The highest BCUT2D eigenvalue weighted by molar-refractivity contribution is 6.06. The van der Waals surface area contributed by atoms with E-state index in [1.807, 2.05) is 23.1 Å². The molecule has 174 valence electrons. The molecule has 2 aromatic carbocycles. The number of nitrogens with zero attached hydrogens (tertiary/aromatic N) is 2. The highest BCUT2D eigenvalue weighted by Crippen LogP contribution is 2.46. The molecule has 2 aliphatic carbocycles. The number of anilines is 2. The van der Waals surface area contributed by atoms with Crippen LogP contribution in [-0.2, 0) is 16.6 Å². The van der Waals surface area contributed by atoms with Gasteiger partial charge in [-0.2, -0.15) is 5.10 Å². The first-order chi connectivity index (χ1) is 16.5. The third kappa shape index (κ3) is 3.59. The Morgan fingerprint density at radius 3 is 2.56 bits per heavy atom. The van der Waals surface area contributed by atoms with Crippen molar-refractivity contribution in [2.24, 2.45) is 0 Å². The molecule has 0 radical (unpaired) electrons. The van der Waals surface area contributed by atoms with Crippen LogP contribution in [0.4, 0.5) is 15.8 Å². The lowest BCUT2D eigenvalue weighted by Crippen LogP contribution is -2.46. The second-order valence-electron chi connectivity index (χ2n) is 9.78. The van der Waals surface area contributed by atoms with Crippen LogP contribution in [0, 0.1) is 5.82 Å². The summed E-state index contributed by atoms with van der Waals surface area (Å²) < 4.78 is 13.3. The number of aryl methyl sites for hydroxylation is 1. The van der Waals surface area contributed by atoms with E-state index in [1.54, 1.807) is 12.1 Å². The quantitative estimate of drug-likeness (QED) is 0.560. The van der Waals surface area contributed by atoms with Crippen LogP contribution < -0.4 is 10.2 Å². The Bertz CT molecular complexity index is 1260. The van der Waals surface area contributed by atoms with Gasteiger partial charge in [-0.15, -0.1) is 0 Å². The summed E-state index contributed by atoms with van der Waals surface area (Å²) in [6.07, 6.45) is 6.58. The number of aromatic nitrogens is 2. The van der Waals surface area contributed by atoms with Crippen molar-refractivity contribution >= 4 is 23.2 Å². The summed E-state index contributed by atoms with van der Waals surface area (Å²) in [7, 11) is 0. The highest BCUT2D eigenvalue weighted by atomic mass is 19.1. The Hall–Kier alpha value is -3.48. The molecule has 2 amide bonds. The largest absolute Gasteiger partial charge is 0.325 e. The average Bonchev–Trinajstić information content (AvgIpc) is 3.55. The molecule has 2 saturated carbocycles. The van der Waals surface area contributed by atoms with Gasteiger partial charge in [-0.25, -0.2) is 4.39 Å². The van der Waals surface area contributed by atoms with Gasteiger partial charge in [0.1, 0.15) is 11.5 Å². The van der Waals surface area contributed by atoms with Crippen molar-refractivity contribution in [3.63, 3.8) is 0 Å². The Morgan fingerprint density at radius 2 is 1.85 bits per heavy atom. The van der Waals surface area contributed by atoms with Gasteiger partial charge in [0.2, 0.25) is 5.91 Å². The third-order valence-corrected chi connectivity index (χ3v) is 7.56. The number of halogens is 1. The fraction of sp³-hybridized carbons (Fsp3) is 0.370. The summed E-state index contributed by atoms with van der Waals surface area (Å²) in [6, 6.07) is 13.9. The fourth-order valence-electron chi connectivity index (χ4n) is 5.25. The van der Waals surface area contributed by atoms with Gasteiger partial charge in [0.25, 0.3) is 5.91 Å². The van der Waals surface area contributed by atoms with Crippen LogP contribution in [-0.4, -0.2) is 28.6 Å². The first kappa shape index (κ1) is 21.1. The molecule has 0 spiro atoms. The van der Waals surface area contributed by atoms with E-state index in [1.165, 1.54) is 12.1 Å². The monoisotopic (exact) mass is 458 g/mol. The summed E-state index contributed by atoms with van der Waals surface area (Å²) in [5, 5.41) is 10.2. The zero-order valence-electron chi connectivity index (χ0n) is 18.9. The molecule has 34 heavy (non-hydrogen) atoms. The van der Waals surface area contributed by atoms with E-state index >= 15 is 0 Å². The van der Waals surface area contributed by atoms with Gasteiger partial charge in [0.15, 0.2) is 0 Å². The third-order valence-electron chi connectivity index (χ3n) is 7.56. The minimum Gasteiger partial charge on any atom is -0.325 e. The van der Waals surface area contributed by atoms with Crippen LogP contribution in [0.5, 0.6) is 0 Å². The maximum atomic E-state index is 13.3. The number of rotatable bonds is 5. The number of benzene rings is 2. The summed E-state index contributed by atoms with van der Waals surface area (Å²) in [5.41, 5.74) is 4.53. The first-order valence-electron chi connectivity index (χ1n) is 12.1. The van der Waals surface area contributed by atoms with Gasteiger partial charge in [-0.1, -0.05) is 18.6 Å². The second kappa shape index (κ2) is 8.08. The molecule has 1 aliphatic heterocycles. The van der Waals surface area contributed by atoms with Crippen molar-refractivity contribution < 1.29 is 14.0 Å². The summed E-state index contributed by atoms with van der Waals surface area (Å²) in [6.45, 7) is 0.666. The number of hydrogen-bond acceptors (Lipinski definition) is 3. The van der Waals surface area contributed by atoms with Crippen molar-refractivity contribution in [3.8, 4) is 0 Å². The van der Waals surface area contributed by atoms with E-state index in [2.05, 4.69) is 21.6 Å². The highest BCUT2D eigenvalue weighted by Gasteiger charge is 2.46. The molecule has 0 bridgehead atoms. The summed E-state index contributed by atoms with van der Waals surface area (Å²) in [5.74, 6) is 0.0531. The second-order valence-corrected chi connectivity index (χ2v) is 9.78. The van der Waals surface area contributed by atoms with Gasteiger partial charge < -0.3 is 10.2 Å². The topological polar surface area (TPSA) is 78.1 Å². The average molecular weight is 459 g/mol. The molecular weight excluding hydrogens is 431 g/mol. The zero-order chi connectivity index (χ0) is 23.3. The number of H-pyrrole nitrogens is 1. The van der Waals surface area contributed by atoms with E-state index in [4.69, 9.17) is 0 Å². The van der Waals surface area contributed by atoms with Crippen LogP contribution in [0.3, 0.4) is 0 Å². The maximum Gasteiger partial charge on any atom is 0.276 e. The van der Waals surface area contributed by atoms with Crippen molar-refractivity contribution in [1.29, 1.82) is 0 Å². The van der Waals surface area contributed by atoms with Gasteiger partial charge >= 0.3 is 0 Å². The summed E-state index contributed by atoms with van der Waals surface area (Å²) in [4.78, 5) is 28.4. The number of hydrogen-bond donors (Lipinski definition) is 2. The molecule has 0 atom stereocenters. The normalized spacial score (nSPS) is 18.7. The van der Waals surface area contributed by atoms with Crippen LogP contribution >= 0.6 is 0 Å². The van der Waals surface area contributed by atoms with Crippen LogP contribution in [0.15, 0.2) is 48.5 Å². The molecule has 3 aliphatic rings. The molecule has 6 nitrogen and oxygen atoms in total. The minimum absolute atomic E-state index is 0.0551. The Morgan fingerprint density at radius 1 is 1.06 bits per heavy atom. The van der Waals surface area contributed by atoms with Crippen molar-refractivity contribution in [3.05, 3.63) is 76.9 Å². The van der Waals surface area contributed by atoms with E-state index in [0.717, 1.165) is 67.5 Å². The molecule has 2 N–H and O–H groups in total. The predicted molar refractivity (Wildman–Crippen MR) is 128 cm³/mol. The van der Waals surface area contributed by atoms with E-state index < -0.39 is 5.41 Å². The van der Waals surface area contributed by atoms with Crippen molar-refractivity contribution in [2.45, 2.75) is 56.3 Å². The number of nitrogens with one attached hydrogen (secondary N) is 2. The van der Waals surface area contributed by atoms with E-state index in [0.29, 0.717) is 23.8 Å². The number of carbonyl (C=O) groups is 2. The minimum atomic E-state index is -0.585. The summed E-state index contributed by atoms with van der Waals surface area (Å²) >= 11 is 0. The lowest BCUT2D eigenvalue weighted by Gasteiger charge is -2.41. The molecule has 1 aromatic heterocycles. The Kier molecular flexibility index (Phi) is 5.01. The molecular formula is C27H27FN4O2. The lowest BCUT2D eigenvalue weighted by atomic mass is 9.63. The van der Waals surface area contributed by atoms with Crippen LogP contribution in [0.25, 0.3) is 0 Å². The number of carbonyl (C=O) groups excluding carboxylic acids is 2. The van der Waals surface area contributed by atoms with Crippen molar-refractivity contribution in [2.75, 3.05) is 16.8 Å². The van der Waals surface area contributed by atoms with E-state index in [-0.39, 0.29) is 17.6 Å². The van der Waals surface area contributed by atoms with Crippen LogP contribution in [0.2, 0.25) is 0 Å². The van der Waals surface area contributed by atoms with Crippen LogP contribution in [0.1, 0.15) is 71.8 Å². The van der Waals surface area contributed by atoms with Gasteiger partial charge in [-0.3, -0.25) is 14.7 Å². The first-order valence-corrected chi connectivity index (χ1v) is 12.1. The molecule has 2 fully saturated rings. The van der Waals surface area contributed by atoms with E-state index in [9.17, 15) is 14.0 Å². The molecule has 2 heterocycles. The molecule has 0 unspecified atom stereocenters. The van der Waals surface area contributed by atoms with Crippen molar-refractivity contribution in [1.82, 2.24) is 10.2 Å². The molecule has 7 heteroatoms. The zero-order valence-corrected chi connectivity index (χ0v) is 18.9. The molecule has 6 rings (SSSR count). The number of fused-ring (bicyclic) bond motifs is 1. The van der Waals surface area contributed by atoms with Gasteiger partial charge in [-0.05, 0) is 86.1 Å². The number of aromatic amines is 1. The smallest absolute Gasteiger partial charge is 0.276 e. The molecule has 0 saturated heterocycles. The van der Waals surface area contributed by atoms with Gasteiger partial charge in [0, 0.05) is 23.8 Å². The fourth-order valence-corrected chi connectivity index (χ4v) is 5.25.